The zero-order valence-corrected chi connectivity index (χ0v) is 15.3. The Morgan fingerprint density at radius 3 is 2.35 bits per heavy atom. The van der Waals surface area contributed by atoms with E-state index in [1.165, 1.54) is 12.1 Å². The number of aryl methyl sites for hydroxylation is 1. The van der Waals surface area contributed by atoms with Crippen molar-refractivity contribution < 1.29 is 9.18 Å². The second-order valence-electron chi connectivity index (χ2n) is 7.57. The van der Waals surface area contributed by atoms with Gasteiger partial charge in [0.05, 0.1) is 5.69 Å². The topological polar surface area (TPSA) is 60.7 Å². The van der Waals surface area contributed by atoms with E-state index in [-0.39, 0.29) is 17.0 Å². The Hall–Kier alpha value is -2.89. The van der Waals surface area contributed by atoms with Gasteiger partial charge in [-0.2, -0.15) is 4.68 Å². The molecule has 0 saturated heterocycles. The average Bonchev–Trinajstić information content (AvgIpc) is 2.99. The highest BCUT2D eigenvalue weighted by Gasteiger charge is 2.19. The minimum Gasteiger partial charge on any atom is -0.294 e. The molecule has 6 heteroatoms. The number of nitrogens with zero attached hydrogens (tertiary/aromatic N) is 4. The van der Waals surface area contributed by atoms with Crippen LogP contribution >= 0.6 is 0 Å². The maximum absolute atomic E-state index is 13.3. The normalized spacial score (nSPS) is 11.6. The van der Waals surface area contributed by atoms with Crippen molar-refractivity contribution in [2.24, 2.45) is 5.41 Å². The second-order valence-corrected chi connectivity index (χ2v) is 7.57. The smallest absolute Gasteiger partial charge is 0.163 e. The van der Waals surface area contributed by atoms with Gasteiger partial charge in [-0.3, -0.25) is 4.79 Å². The molecule has 1 aromatic heterocycles. The predicted molar refractivity (Wildman–Crippen MR) is 97.7 cm³/mol. The highest BCUT2D eigenvalue weighted by atomic mass is 19.1. The van der Waals surface area contributed by atoms with E-state index in [4.69, 9.17) is 0 Å². The number of benzene rings is 2. The molecule has 0 aliphatic heterocycles. The van der Waals surface area contributed by atoms with Gasteiger partial charge in [-0.15, -0.1) is 5.10 Å². The van der Waals surface area contributed by atoms with Crippen LogP contribution in [0.1, 0.15) is 43.4 Å². The Balaban J connectivity index is 2.12. The Morgan fingerprint density at radius 1 is 1.08 bits per heavy atom. The van der Waals surface area contributed by atoms with Crippen molar-refractivity contribution in [2.45, 2.75) is 34.1 Å². The number of hydrogen-bond acceptors (Lipinski definition) is 4. The summed E-state index contributed by atoms with van der Waals surface area (Å²) >= 11 is 0. The molecule has 134 valence electrons. The van der Waals surface area contributed by atoms with E-state index in [1.807, 2.05) is 32.9 Å². The molecule has 0 bridgehead atoms. The van der Waals surface area contributed by atoms with Crippen molar-refractivity contribution in [3.8, 4) is 16.8 Å². The van der Waals surface area contributed by atoms with Crippen LogP contribution in [0.2, 0.25) is 0 Å². The lowest BCUT2D eigenvalue weighted by atomic mass is 9.87. The molecule has 0 unspecified atom stereocenters. The molecule has 2 aromatic carbocycles. The van der Waals surface area contributed by atoms with Crippen LogP contribution in [-0.4, -0.2) is 26.0 Å². The molecule has 5 nitrogen and oxygen atoms in total. The summed E-state index contributed by atoms with van der Waals surface area (Å²) in [7, 11) is 0. The Labute approximate surface area is 151 Å². The van der Waals surface area contributed by atoms with Crippen LogP contribution in [0, 0.1) is 18.2 Å². The summed E-state index contributed by atoms with van der Waals surface area (Å²) in [6.45, 7) is 7.88. The fraction of sp³-hybridized carbons (Fsp3) is 0.300. The number of hydrogen-bond donors (Lipinski definition) is 0. The molecule has 0 aliphatic rings. The van der Waals surface area contributed by atoms with Crippen molar-refractivity contribution in [2.75, 3.05) is 0 Å². The molecule has 0 amide bonds. The van der Waals surface area contributed by atoms with Gasteiger partial charge < -0.3 is 0 Å². The first-order valence-electron chi connectivity index (χ1n) is 8.42. The van der Waals surface area contributed by atoms with E-state index in [0.29, 0.717) is 23.5 Å². The Morgan fingerprint density at radius 2 is 1.77 bits per heavy atom. The van der Waals surface area contributed by atoms with Crippen LogP contribution in [0.25, 0.3) is 16.8 Å². The molecule has 0 spiro atoms. The number of ketones is 1. The highest BCUT2D eigenvalue weighted by Crippen LogP contribution is 2.28. The summed E-state index contributed by atoms with van der Waals surface area (Å²) in [6, 6.07) is 11.7. The van der Waals surface area contributed by atoms with Gasteiger partial charge in [-0.1, -0.05) is 32.9 Å². The quantitative estimate of drug-likeness (QED) is 0.653. The molecule has 0 radical (unpaired) electrons. The average molecular weight is 352 g/mol. The molecule has 3 rings (SSSR count). The molecule has 26 heavy (non-hydrogen) atoms. The van der Waals surface area contributed by atoms with Gasteiger partial charge >= 0.3 is 0 Å². The summed E-state index contributed by atoms with van der Waals surface area (Å²) in [5.41, 5.74) is 2.81. The van der Waals surface area contributed by atoms with Gasteiger partial charge in [0.2, 0.25) is 0 Å². The fourth-order valence-corrected chi connectivity index (χ4v) is 2.76. The van der Waals surface area contributed by atoms with Gasteiger partial charge in [0.25, 0.3) is 0 Å². The standard InChI is InChI=1S/C20H21FN4O/c1-13-22-23-24-25(13)18-10-15(14-5-7-17(21)8-6-14)9-16(11-18)19(26)12-20(2,3)4/h5-11H,12H2,1-4H3. The molecule has 0 saturated carbocycles. The fourth-order valence-electron chi connectivity index (χ4n) is 2.76. The number of carbonyl (C=O) groups is 1. The van der Waals surface area contributed by atoms with Crippen LogP contribution in [-0.2, 0) is 0 Å². The first-order valence-corrected chi connectivity index (χ1v) is 8.42. The first-order chi connectivity index (χ1) is 12.2. The largest absolute Gasteiger partial charge is 0.294 e. The third-order valence-electron chi connectivity index (χ3n) is 3.98. The van der Waals surface area contributed by atoms with E-state index in [1.54, 1.807) is 29.8 Å². The second kappa shape index (κ2) is 6.78. The van der Waals surface area contributed by atoms with Crippen molar-refractivity contribution in [3.63, 3.8) is 0 Å². The minimum absolute atomic E-state index is 0.0495. The Bertz CT molecular complexity index is 939. The predicted octanol–water partition coefficient (Wildman–Crippen LogP) is 4.40. The summed E-state index contributed by atoms with van der Waals surface area (Å²) in [6.07, 6.45) is 0.425. The number of aromatic nitrogens is 4. The van der Waals surface area contributed by atoms with Crippen LogP contribution in [0.4, 0.5) is 4.39 Å². The summed E-state index contributed by atoms with van der Waals surface area (Å²) in [5, 5.41) is 11.6. The monoisotopic (exact) mass is 352 g/mol. The van der Waals surface area contributed by atoms with E-state index in [2.05, 4.69) is 15.5 Å². The molecule has 3 aromatic rings. The van der Waals surface area contributed by atoms with Gasteiger partial charge in [-0.05, 0) is 64.2 Å². The number of tetrazole rings is 1. The maximum atomic E-state index is 13.3. The van der Waals surface area contributed by atoms with Crippen molar-refractivity contribution in [1.82, 2.24) is 20.2 Å². The van der Waals surface area contributed by atoms with Crippen LogP contribution < -0.4 is 0 Å². The van der Waals surface area contributed by atoms with Gasteiger partial charge in [0.1, 0.15) is 5.82 Å². The first kappa shape index (κ1) is 17.9. The van der Waals surface area contributed by atoms with Crippen LogP contribution in [0.15, 0.2) is 42.5 Å². The van der Waals surface area contributed by atoms with E-state index in [9.17, 15) is 9.18 Å². The summed E-state index contributed by atoms with van der Waals surface area (Å²) in [5.74, 6) is 0.370. The van der Waals surface area contributed by atoms with Gasteiger partial charge in [0, 0.05) is 12.0 Å². The molecule has 0 N–H and O–H groups in total. The van der Waals surface area contributed by atoms with Crippen LogP contribution in [0.5, 0.6) is 0 Å². The molecule has 0 atom stereocenters. The number of rotatable bonds is 4. The van der Waals surface area contributed by atoms with Crippen molar-refractivity contribution in [1.29, 1.82) is 0 Å². The van der Waals surface area contributed by atoms with Gasteiger partial charge in [0.15, 0.2) is 11.6 Å². The lowest BCUT2D eigenvalue weighted by Crippen LogP contribution is -2.13. The maximum Gasteiger partial charge on any atom is 0.163 e. The van der Waals surface area contributed by atoms with Crippen molar-refractivity contribution >= 4 is 5.78 Å². The lowest BCUT2D eigenvalue weighted by Gasteiger charge is -2.17. The molecule has 1 heterocycles. The zero-order valence-electron chi connectivity index (χ0n) is 15.3. The van der Waals surface area contributed by atoms with Gasteiger partial charge in [-0.25, -0.2) is 4.39 Å². The number of Topliss-reactive ketones (excluding diaryl/α,β-unsaturated/α-hetero) is 1. The van der Waals surface area contributed by atoms with Crippen molar-refractivity contribution in [3.05, 3.63) is 59.7 Å². The molecule has 0 aliphatic carbocycles. The molecule has 0 fully saturated rings. The molecular weight excluding hydrogens is 331 g/mol. The minimum atomic E-state index is -0.301. The Kier molecular flexibility index (Phi) is 4.68. The number of carbonyl (C=O) groups excluding carboxylic acids is 1. The van der Waals surface area contributed by atoms with E-state index in [0.717, 1.165) is 11.1 Å². The molecular formula is C20H21FN4O. The summed E-state index contributed by atoms with van der Waals surface area (Å²) < 4.78 is 14.9. The lowest BCUT2D eigenvalue weighted by molar-refractivity contribution is 0.0940. The SMILES string of the molecule is Cc1nnnn1-c1cc(C(=O)CC(C)(C)C)cc(-c2ccc(F)cc2)c1. The number of halogens is 1. The van der Waals surface area contributed by atoms with E-state index < -0.39 is 0 Å². The van der Waals surface area contributed by atoms with E-state index >= 15 is 0 Å². The third-order valence-corrected chi connectivity index (χ3v) is 3.98. The highest BCUT2D eigenvalue weighted by molar-refractivity contribution is 5.98. The zero-order chi connectivity index (χ0) is 18.9. The summed E-state index contributed by atoms with van der Waals surface area (Å²) in [4.78, 5) is 12.8. The third kappa shape index (κ3) is 4.02. The van der Waals surface area contributed by atoms with Crippen LogP contribution in [0.3, 0.4) is 0 Å².